The van der Waals surface area contributed by atoms with Gasteiger partial charge < -0.3 is 9.84 Å². The van der Waals surface area contributed by atoms with Crippen LogP contribution in [0, 0.1) is 5.92 Å². The molecule has 1 unspecified atom stereocenters. The van der Waals surface area contributed by atoms with E-state index in [0.717, 1.165) is 16.9 Å². The number of methoxy groups -OCH3 is 1. The van der Waals surface area contributed by atoms with E-state index in [1.165, 1.54) is 0 Å². The molecule has 0 heterocycles. The summed E-state index contributed by atoms with van der Waals surface area (Å²) in [5, 5.41) is 10.1. The summed E-state index contributed by atoms with van der Waals surface area (Å²) in [6.45, 7) is 0. The van der Waals surface area contributed by atoms with Crippen molar-refractivity contribution in [3.8, 4) is 5.75 Å². The molecule has 2 aromatic carbocycles. The Labute approximate surface area is 129 Å². The molecule has 0 aliphatic carbocycles. The van der Waals surface area contributed by atoms with Crippen LogP contribution in [0.2, 0.25) is 5.02 Å². The van der Waals surface area contributed by atoms with Gasteiger partial charge >= 0.3 is 5.97 Å². The number of hydrogen-bond acceptors (Lipinski definition) is 2. The molecule has 0 radical (unpaired) electrons. The zero-order valence-corrected chi connectivity index (χ0v) is 12.5. The molecule has 1 atom stereocenters. The summed E-state index contributed by atoms with van der Waals surface area (Å²) in [7, 11) is 1.61. The minimum Gasteiger partial charge on any atom is -0.497 e. The SMILES string of the molecule is COc1ccc(CC(Cc2ccc(Cl)cc2)C(=O)O)cc1. The van der Waals surface area contributed by atoms with Crippen LogP contribution in [0.25, 0.3) is 0 Å². The summed E-state index contributed by atoms with van der Waals surface area (Å²) < 4.78 is 5.10. The van der Waals surface area contributed by atoms with Gasteiger partial charge in [-0.25, -0.2) is 0 Å². The summed E-state index contributed by atoms with van der Waals surface area (Å²) in [5.74, 6) is -0.483. The molecular weight excluding hydrogens is 288 g/mol. The molecule has 0 amide bonds. The van der Waals surface area contributed by atoms with Crippen molar-refractivity contribution < 1.29 is 14.6 Å². The van der Waals surface area contributed by atoms with E-state index in [1.807, 2.05) is 36.4 Å². The molecule has 0 spiro atoms. The Bertz CT molecular complexity index is 590. The lowest BCUT2D eigenvalue weighted by Gasteiger charge is -2.13. The van der Waals surface area contributed by atoms with Crippen LogP contribution < -0.4 is 4.74 Å². The van der Waals surface area contributed by atoms with Gasteiger partial charge in [0.15, 0.2) is 0 Å². The molecule has 0 aliphatic heterocycles. The second-order valence-corrected chi connectivity index (χ2v) is 5.35. The molecule has 4 heteroatoms. The maximum absolute atomic E-state index is 11.4. The minimum absolute atomic E-state index is 0.459. The van der Waals surface area contributed by atoms with Crippen LogP contribution in [0.3, 0.4) is 0 Å². The number of carboxylic acid groups (broad SMARTS) is 1. The van der Waals surface area contributed by atoms with Crippen molar-refractivity contribution in [1.82, 2.24) is 0 Å². The van der Waals surface area contributed by atoms with E-state index in [4.69, 9.17) is 16.3 Å². The molecule has 0 saturated carbocycles. The highest BCUT2D eigenvalue weighted by molar-refractivity contribution is 6.30. The number of ether oxygens (including phenoxy) is 1. The lowest BCUT2D eigenvalue weighted by Crippen LogP contribution is -2.19. The molecule has 0 bridgehead atoms. The van der Waals surface area contributed by atoms with Crippen LogP contribution in [0.15, 0.2) is 48.5 Å². The van der Waals surface area contributed by atoms with Crippen LogP contribution >= 0.6 is 11.6 Å². The predicted octanol–water partition coefficient (Wildman–Crippen LogP) is 3.83. The van der Waals surface area contributed by atoms with Gasteiger partial charge in [-0.15, -0.1) is 0 Å². The van der Waals surface area contributed by atoms with Crippen molar-refractivity contribution in [2.24, 2.45) is 5.92 Å². The highest BCUT2D eigenvalue weighted by atomic mass is 35.5. The molecule has 0 aliphatic rings. The third-order valence-corrected chi connectivity index (χ3v) is 3.64. The van der Waals surface area contributed by atoms with Crippen LogP contribution in [0.5, 0.6) is 5.75 Å². The molecule has 0 fully saturated rings. The second-order valence-electron chi connectivity index (χ2n) is 4.92. The summed E-state index contributed by atoms with van der Waals surface area (Å²) in [5.41, 5.74) is 1.96. The molecule has 2 rings (SSSR count). The predicted molar refractivity (Wildman–Crippen MR) is 83.0 cm³/mol. The summed E-state index contributed by atoms with van der Waals surface area (Å²) in [6.07, 6.45) is 0.973. The zero-order valence-electron chi connectivity index (χ0n) is 11.8. The first-order valence-corrected chi connectivity index (χ1v) is 7.06. The van der Waals surface area contributed by atoms with Gasteiger partial charge in [0, 0.05) is 5.02 Å². The largest absolute Gasteiger partial charge is 0.497 e. The monoisotopic (exact) mass is 304 g/mol. The maximum Gasteiger partial charge on any atom is 0.307 e. The molecule has 3 nitrogen and oxygen atoms in total. The number of hydrogen-bond donors (Lipinski definition) is 1. The lowest BCUT2D eigenvalue weighted by molar-refractivity contribution is -0.141. The van der Waals surface area contributed by atoms with E-state index >= 15 is 0 Å². The van der Waals surface area contributed by atoms with Gasteiger partial charge in [0.1, 0.15) is 5.75 Å². The minimum atomic E-state index is -0.791. The quantitative estimate of drug-likeness (QED) is 0.882. The van der Waals surface area contributed by atoms with Crippen LogP contribution in [-0.2, 0) is 17.6 Å². The fourth-order valence-electron chi connectivity index (χ4n) is 2.20. The van der Waals surface area contributed by atoms with Gasteiger partial charge in [0.25, 0.3) is 0 Å². The first kappa shape index (κ1) is 15.4. The fraction of sp³-hybridized carbons (Fsp3) is 0.235. The van der Waals surface area contributed by atoms with Crippen molar-refractivity contribution in [3.05, 3.63) is 64.7 Å². The van der Waals surface area contributed by atoms with E-state index < -0.39 is 11.9 Å². The third-order valence-electron chi connectivity index (χ3n) is 3.39. The number of carboxylic acids is 1. The summed E-state index contributed by atoms with van der Waals surface area (Å²) in [6, 6.07) is 14.8. The molecule has 2 aromatic rings. The first-order valence-electron chi connectivity index (χ1n) is 6.68. The third kappa shape index (κ3) is 4.50. The van der Waals surface area contributed by atoms with E-state index in [0.29, 0.717) is 17.9 Å². The average molecular weight is 305 g/mol. The Morgan fingerprint density at radius 3 is 1.95 bits per heavy atom. The Balaban J connectivity index is 2.07. The molecule has 21 heavy (non-hydrogen) atoms. The van der Waals surface area contributed by atoms with E-state index in [-0.39, 0.29) is 0 Å². The van der Waals surface area contributed by atoms with Crippen molar-refractivity contribution >= 4 is 17.6 Å². The van der Waals surface area contributed by atoms with E-state index in [2.05, 4.69) is 0 Å². The Morgan fingerprint density at radius 2 is 1.52 bits per heavy atom. The Hall–Kier alpha value is -2.00. The maximum atomic E-state index is 11.4. The highest BCUT2D eigenvalue weighted by Gasteiger charge is 2.18. The number of aliphatic carboxylic acids is 1. The van der Waals surface area contributed by atoms with Gasteiger partial charge in [0.2, 0.25) is 0 Å². The average Bonchev–Trinajstić information content (AvgIpc) is 2.49. The fourth-order valence-corrected chi connectivity index (χ4v) is 2.32. The van der Waals surface area contributed by atoms with Crippen molar-refractivity contribution in [2.75, 3.05) is 7.11 Å². The Kier molecular flexibility index (Phi) is 5.23. The first-order chi connectivity index (χ1) is 10.1. The zero-order chi connectivity index (χ0) is 15.2. The van der Waals surface area contributed by atoms with Gasteiger partial charge in [-0.3, -0.25) is 4.79 Å². The van der Waals surface area contributed by atoms with E-state index in [1.54, 1.807) is 19.2 Å². The molecule has 1 N–H and O–H groups in total. The van der Waals surface area contributed by atoms with Gasteiger partial charge in [-0.2, -0.15) is 0 Å². The van der Waals surface area contributed by atoms with Crippen molar-refractivity contribution in [3.63, 3.8) is 0 Å². The highest BCUT2D eigenvalue weighted by Crippen LogP contribution is 2.19. The second kappa shape index (κ2) is 7.14. The summed E-state index contributed by atoms with van der Waals surface area (Å²) in [4.78, 5) is 11.4. The molecule has 110 valence electrons. The standard InChI is InChI=1S/C17H17ClO3/c1-21-16-8-4-13(5-9-16)11-14(17(19)20)10-12-2-6-15(18)7-3-12/h2-9,14H,10-11H2,1H3,(H,19,20). The number of rotatable bonds is 6. The smallest absolute Gasteiger partial charge is 0.307 e. The summed E-state index contributed by atoms with van der Waals surface area (Å²) >= 11 is 5.84. The van der Waals surface area contributed by atoms with Crippen LogP contribution in [-0.4, -0.2) is 18.2 Å². The molecular formula is C17H17ClO3. The molecule has 0 saturated heterocycles. The van der Waals surface area contributed by atoms with Gasteiger partial charge in [-0.1, -0.05) is 35.9 Å². The number of carbonyl (C=O) groups is 1. The molecule has 0 aromatic heterocycles. The van der Waals surface area contributed by atoms with E-state index in [9.17, 15) is 9.90 Å². The normalized spacial score (nSPS) is 11.9. The lowest BCUT2D eigenvalue weighted by atomic mass is 9.92. The number of halogens is 1. The number of benzene rings is 2. The van der Waals surface area contributed by atoms with Crippen LogP contribution in [0.1, 0.15) is 11.1 Å². The Morgan fingerprint density at radius 1 is 1.05 bits per heavy atom. The van der Waals surface area contributed by atoms with Crippen LogP contribution in [0.4, 0.5) is 0 Å². The van der Waals surface area contributed by atoms with Gasteiger partial charge in [-0.05, 0) is 48.2 Å². The topological polar surface area (TPSA) is 46.5 Å². The van der Waals surface area contributed by atoms with Crippen molar-refractivity contribution in [2.45, 2.75) is 12.8 Å². The van der Waals surface area contributed by atoms with Gasteiger partial charge in [0.05, 0.1) is 13.0 Å². The van der Waals surface area contributed by atoms with Crippen molar-refractivity contribution in [1.29, 1.82) is 0 Å².